The first kappa shape index (κ1) is 15.3. The average Bonchev–Trinajstić information content (AvgIpc) is 3.23. The molecule has 0 aliphatic carbocycles. The van der Waals surface area contributed by atoms with Crippen LogP contribution in [0.3, 0.4) is 0 Å². The number of nitrogens with two attached hydrogens (primary N) is 1. The van der Waals surface area contributed by atoms with Crippen molar-refractivity contribution in [2.24, 2.45) is 0 Å². The van der Waals surface area contributed by atoms with Crippen molar-refractivity contribution in [3.8, 4) is 0 Å². The van der Waals surface area contributed by atoms with E-state index in [0.29, 0.717) is 5.95 Å². The Morgan fingerprint density at radius 2 is 2.12 bits per heavy atom. The van der Waals surface area contributed by atoms with Gasteiger partial charge in [0.15, 0.2) is 0 Å². The summed E-state index contributed by atoms with van der Waals surface area (Å²) in [6, 6.07) is 6.20. The van der Waals surface area contributed by atoms with Crippen LogP contribution >= 0.6 is 0 Å². The second kappa shape index (κ2) is 6.73. The van der Waals surface area contributed by atoms with Crippen LogP contribution in [0.1, 0.15) is 42.1 Å². The van der Waals surface area contributed by atoms with Crippen molar-refractivity contribution >= 4 is 11.8 Å². The molecule has 0 radical (unpaired) electrons. The zero-order valence-corrected chi connectivity index (χ0v) is 13.9. The number of pyridine rings is 1. The Hall–Kier alpha value is -2.21. The van der Waals surface area contributed by atoms with Gasteiger partial charge in [0, 0.05) is 29.9 Å². The molecule has 0 spiro atoms. The number of hydrogen-bond acceptors (Lipinski definition) is 6. The normalized spacial score (nSPS) is 20.1. The topological polar surface area (TPSA) is 80.0 Å². The molecule has 0 aromatic carbocycles. The Bertz CT molecular complexity index is 710. The molecule has 2 aromatic rings. The minimum atomic E-state index is 0.205. The third kappa shape index (κ3) is 3.19. The third-order valence-electron chi connectivity index (χ3n) is 4.97. The molecule has 6 heteroatoms. The van der Waals surface area contributed by atoms with Crippen molar-refractivity contribution in [1.82, 2.24) is 19.9 Å². The predicted molar refractivity (Wildman–Crippen MR) is 95.0 cm³/mol. The quantitative estimate of drug-likeness (QED) is 0.876. The van der Waals surface area contributed by atoms with E-state index >= 15 is 0 Å². The van der Waals surface area contributed by atoms with Gasteiger partial charge in [0.1, 0.15) is 5.82 Å². The Labute approximate surface area is 142 Å². The van der Waals surface area contributed by atoms with E-state index in [1.54, 1.807) is 0 Å². The van der Waals surface area contributed by atoms with E-state index in [9.17, 15) is 0 Å². The highest BCUT2D eigenvalue weighted by atomic mass is 15.1. The average molecular weight is 324 g/mol. The van der Waals surface area contributed by atoms with Crippen LogP contribution in [0, 0.1) is 0 Å². The van der Waals surface area contributed by atoms with Crippen LogP contribution in [0.2, 0.25) is 0 Å². The van der Waals surface area contributed by atoms with Crippen LogP contribution in [0.15, 0.2) is 24.4 Å². The van der Waals surface area contributed by atoms with Crippen LogP contribution in [0.25, 0.3) is 0 Å². The maximum Gasteiger partial charge on any atom is 0.220 e. The molecule has 1 saturated heterocycles. The lowest BCUT2D eigenvalue weighted by molar-refractivity contribution is 0.333. The van der Waals surface area contributed by atoms with E-state index in [0.717, 1.165) is 43.1 Å². The molecule has 2 aromatic heterocycles. The zero-order chi connectivity index (χ0) is 16.4. The van der Waals surface area contributed by atoms with Crippen LogP contribution in [-0.2, 0) is 6.42 Å². The summed E-state index contributed by atoms with van der Waals surface area (Å²) in [6.45, 7) is 4.45. The highest BCUT2D eigenvalue weighted by Crippen LogP contribution is 2.33. The summed E-state index contributed by atoms with van der Waals surface area (Å²) in [5.41, 5.74) is 9.21. The van der Waals surface area contributed by atoms with Gasteiger partial charge in [-0.15, -0.1) is 0 Å². The molecule has 24 heavy (non-hydrogen) atoms. The van der Waals surface area contributed by atoms with Gasteiger partial charge in [0.2, 0.25) is 5.95 Å². The number of rotatable bonds is 5. The Morgan fingerprint density at radius 3 is 3.00 bits per heavy atom. The van der Waals surface area contributed by atoms with Crippen LogP contribution in [-0.4, -0.2) is 46.0 Å². The number of hydrogen-bond donors (Lipinski definition) is 2. The van der Waals surface area contributed by atoms with Crippen molar-refractivity contribution in [3.05, 3.63) is 41.3 Å². The van der Waals surface area contributed by atoms with E-state index in [-0.39, 0.29) is 5.92 Å². The first-order chi connectivity index (χ1) is 11.8. The minimum Gasteiger partial charge on any atom is -0.369 e. The summed E-state index contributed by atoms with van der Waals surface area (Å²) in [4.78, 5) is 15.8. The number of fused-ring (bicyclic) bond motifs is 1. The van der Waals surface area contributed by atoms with E-state index in [1.807, 2.05) is 12.3 Å². The molecule has 1 fully saturated rings. The Morgan fingerprint density at radius 1 is 1.25 bits per heavy atom. The van der Waals surface area contributed by atoms with Crippen molar-refractivity contribution < 1.29 is 0 Å². The fourth-order valence-corrected chi connectivity index (χ4v) is 3.76. The summed E-state index contributed by atoms with van der Waals surface area (Å²) in [5.74, 6) is 1.53. The maximum atomic E-state index is 5.97. The van der Waals surface area contributed by atoms with E-state index in [1.165, 1.54) is 31.5 Å². The van der Waals surface area contributed by atoms with Gasteiger partial charge in [0.25, 0.3) is 0 Å². The number of aryl methyl sites for hydroxylation is 1. The van der Waals surface area contributed by atoms with Crippen LogP contribution in [0.4, 0.5) is 11.8 Å². The minimum absolute atomic E-state index is 0.205. The van der Waals surface area contributed by atoms with Crippen molar-refractivity contribution in [1.29, 1.82) is 0 Å². The van der Waals surface area contributed by atoms with Gasteiger partial charge in [-0.3, -0.25) is 0 Å². The van der Waals surface area contributed by atoms with E-state index in [2.05, 4.69) is 37.3 Å². The number of nitrogens with zero attached hydrogens (tertiary/aromatic N) is 4. The molecule has 4 heterocycles. The lowest BCUT2D eigenvalue weighted by atomic mass is 9.98. The summed E-state index contributed by atoms with van der Waals surface area (Å²) in [7, 11) is 0. The maximum absolute atomic E-state index is 5.97. The summed E-state index contributed by atoms with van der Waals surface area (Å²) in [6.07, 6.45) is 6.57. The molecule has 6 nitrogen and oxygen atoms in total. The molecule has 126 valence electrons. The molecule has 2 aliphatic heterocycles. The second-order valence-electron chi connectivity index (χ2n) is 6.67. The fraction of sp³-hybridized carbons (Fsp3) is 0.500. The molecule has 2 aliphatic rings. The van der Waals surface area contributed by atoms with Gasteiger partial charge in [-0.1, -0.05) is 6.07 Å². The fourth-order valence-electron chi connectivity index (χ4n) is 3.76. The number of anilines is 2. The largest absolute Gasteiger partial charge is 0.369 e. The van der Waals surface area contributed by atoms with Gasteiger partial charge >= 0.3 is 0 Å². The summed E-state index contributed by atoms with van der Waals surface area (Å²) in [5, 5.41) is 3.35. The highest BCUT2D eigenvalue weighted by Gasteiger charge is 2.26. The van der Waals surface area contributed by atoms with Crippen molar-refractivity contribution in [2.75, 3.05) is 37.2 Å². The summed E-state index contributed by atoms with van der Waals surface area (Å²) < 4.78 is 0. The van der Waals surface area contributed by atoms with Crippen molar-refractivity contribution in [3.63, 3.8) is 0 Å². The van der Waals surface area contributed by atoms with Crippen molar-refractivity contribution in [2.45, 2.75) is 31.6 Å². The lowest BCUT2D eigenvalue weighted by Gasteiger charge is -2.15. The van der Waals surface area contributed by atoms with Gasteiger partial charge in [-0.2, -0.15) is 0 Å². The molecular formula is C18H24N6. The number of nitrogens with one attached hydrogen (secondary N) is 1. The Balaban J connectivity index is 1.47. The van der Waals surface area contributed by atoms with E-state index in [4.69, 9.17) is 5.73 Å². The summed E-state index contributed by atoms with van der Waals surface area (Å²) >= 11 is 0. The van der Waals surface area contributed by atoms with Crippen LogP contribution in [0.5, 0.6) is 0 Å². The van der Waals surface area contributed by atoms with Crippen LogP contribution < -0.4 is 11.1 Å². The SMILES string of the molecule is Nc1nc(CCCN2CCCC2)cc(C2CNc3ncccc32)n1. The molecule has 1 unspecified atom stereocenters. The highest BCUT2D eigenvalue weighted by molar-refractivity contribution is 5.55. The monoisotopic (exact) mass is 324 g/mol. The number of aromatic nitrogens is 3. The first-order valence-electron chi connectivity index (χ1n) is 8.84. The lowest BCUT2D eigenvalue weighted by Crippen LogP contribution is -2.21. The van der Waals surface area contributed by atoms with Gasteiger partial charge in [-0.05, 0) is 57.5 Å². The first-order valence-corrected chi connectivity index (χ1v) is 8.84. The van der Waals surface area contributed by atoms with Gasteiger partial charge < -0.3 is 16.0 Å². The van der Waals surface area contributed by atoms with Gasteiger partial charge in [0.05, 0.1) is 5.69 Å². The molecule has 3 N–H and O–H groups in total. The molecule has 1 atom stereocenters. The number of nitrogen functional groups attached to an aromatic ring is 1. The van der Waals surface area contributed by atoms with E-state index < -0.39 is 0 Å². The van der Waals surface area contributed by atoms with Gasteiger partial charge in [-0.25, -0.2) is 15.0 Å². The molecule has 0 bridgehead atoms. The smallest absolute Gasteiger partial charge is 0.220 e. The predicted octanol–water partition coefficient (Wildman–Crippen LogP) is 2.04. The molecule has 0 amide bonds. The molecule has 0 saturated carbocycles. The zero-order valence-electron chi connectivity index (χ0n) is 13.9. The molecule has 4 rings (SSSR count). The molecular weight excluding hydrogens is 300 g/mol. The standard InChI is InChI=1S/C18H24N6/c19-18-22-13(5-4-10-24-8-1-2-9-24)11-16(23-18)15-12-21-17-14(15)6-3-7-20-17/h3,6-7,11,15H,1-2,4-5,8-10,12H2,(H,20,21)(H2,19,22,23). The Kier molecular flexibility index (Phi) is 4.30. The number of likely N-dealkylation sites (tertiary alicyclic amines) is 1. The second-order valence-corrected chi connectivity index (χ2v) is 6.67. The third-order valence-corrected chi connectivity index (χ3v) is 4.97.